The van der Waals surface area contributed by atoms with E-state index in [0.29, 0.717) is 29.5 Å². The lowest BCUT2D eigenvalue weighted by Crippen LogP contribution is -2.22. The lowest BCUT2D eigenvalue weighted by atomic mass is 9.94. The summed E-state index contributed by atoms with van der Waals surface area (Å²) in [5, 5.41) is 10.6. The summed E-state index contributed by atoms with van der Waals surface area (Å²) in [6, 6.07) is 1.39. The topological polar surface area (TPSA) is 120 Å². The fraction of sp³-hybridized carbons (Fsp3) is 0.538. The van der Waals surface area contributed by atoms with E-state index in [1.807, 2.05) is 0 Å². The Kier molecular flexibility index (Phi) is 4.44. The minimum atomic E-state index is -3.90. The van der Waals surface area contributed by atoms with Gasteiger partial charge in [-0.1, -0.05) is 12.8 Å². The Bertz CT molecular complexity index is 768. The summed E-state index contributed by atoms with van der Waals surface area (Å²) in [7, 11) is -7.79. The van der Waals surface area contributed by atoms with Crippen molar-refractivity contribution in [1.29, 1.82) is 0 Å². The van der Waals surface area contributed by atoms with Gasteiger partial charge in [0.05, 0.1) is 9.79 Å². The summed E-state index contributed by atoms with van der Waals surface area (Å²) in [4.78, 5) is 0.0936. The largest absolute Gasteiger partial charge is 0.238 e. The summed E-state index contributed by atoms with van der Waals surface area (Å²) >= 11 is 0. The molecule has 0 atom stereocenters. The first-order chi connectivity index (χ1) is 9.62. The van der Waals surface area contributed by atoms with Crippen LogP contribution in [0.1, 0.15) is 42.4 Å². The molecule has 0 radical (unpaired) electrons. The van der Waals surface area contributed by atoms with Gasteiger partial charge in [-0.25, -0.2) is 27.1 Å². The predicted octanol–water partition coefficient (Wildman–Crippen LogP) is 0.949. The molecule has 0 amide bonds. The fourth-order valence-electron chi connectivity index (χ4n) is 2.99. The van der Waals surface area contributed by atoms with Crippen LogP contribution in [0.25, 0.3) is 0 Å². The monoisotopic (exact) mass is 332 g/mol. The third kappa shape index (κ3) is 3.45. The summed E-state index contributed by atoms with van der Waals surface area (Å²) in [5.74, 6) is 0. The van der Waals surface area contributed by atoms with Gasteiger partial charge >= 0.3 is 0 Å². The van der Waals surface area contributed by atoms with Crippen molar-refractivity contribution in [1.82, 2.24) is 0 Å². The molecule has 6 nitrogen and oxygen atoms in total. The molecule has 8 heteroatoms. The van der Waals surface area contributed by atoms with Gasteiger partial charge in [0.2, 0.25) is 20.0 Å². The maximum Gasteiger partial charge on any atom is 0.238 e. The smallest absolute Gasteiger partial charge is 0.225 e. The zero-order valence-corrected chi connectivity index (χ0v) is 13.6. The first-order valence-electron chi connectivity index (χ1n) is 6.83. The van der Waals surface area contributed by atoms with E-state index in [2.05, 4.69) is 0 Å². The number of hydrogen-bond acceptors (Lipinski definition) is 4. The SMILES string of the molecule is Cc1c2c(S(N)(=O)=O)cc(c1S(N)(=O)=O)CCCCCC2. The van der Waals surface area contributed by atoms with Crippen LogP contribution in [-0.2, 0) is 32.9 Å². The standard InChI is InChI=1S/C13H20N2O4S2/c1-9-11-7-5-3-2-4-6-10(13(9)21(15,18)19)8-12(11)20(14,16)17/h8H,2-7H2,1H3,(H2,14,16,17)(H2,15,18,19). The first-order valence-corrected chi connectivity index (χ1v) is 9.92. The Morgan fingerprint density at radius 1 is 0.905 bits per heavy atom. The van der Waals surface area contributed by atoms with Crippen LogP contribution in [0.15, 0.2) is 15.9 Å². The summed E-state index contributed by atoms with van der Waals surface area (Å²) < 4.78 is 47.4. The quantitative estimate of drug-likeness (QED) is 0.837. The highest BCUT2D eigenvalue weighted by Crippen LogP contribution is 2.32. The van der Waals surface area contributed by atoms with Gasteiger partial charge in [-0.3, -0.25) is 0 Å². The van der Waals surface area contributed by atoms with Gasteiger partial charge in [-0.05, 0) is 55.4 Å². The average Bonchev–Trinajstić information content (AvgIpc) is 2.33. The Balaban J connectivity index is 2.87. The molecule has 2 aliphatic rings. The highest BCUT2D eigenvalue weighted by Gasteiger charge is 2.26. The molecule has 3 rings (SSSR count). The van der Waals surface area contributed by atoms with Crippen LogP contribution in [0.2, 0.25) is 0 Å². The van der Waals surface area contributed by atoms with Gasteiger partial charge in [0, 0.05) is 0 Å². The molecule has 0 spiro atoms. The van der Waals surface area contributed by atoms with Gasteiger partial charge in [0.15, 0.2) is 0 Å². The predicted molar refractivity (Wildman–Crippen MR) is 79.8 cm³/mol. The van der Waals surface area contributed by atoms with E-state index >= 15 is 0 Å². The second-order valence-corrected chi connectivity index (χ2v) is 8.50. The second kappa shape index (κ2) is 5.68. The third-order valence-corrected chi connectivity index (χ3v) is 6.02. The van der Waals surface area contributed by atoms with E-state index in [4.69, 9.17) is 10.3 Å². The van der Waals surface area contributed by atoms with Gasteiger partial charge < -0.3 is 0 Å². The number of nitrogens with two attached hydrogens (primary N) is 2. The van der Waals surface area contributed by atoms with Gasteiger partial charge in [-0.2, -0.15) is 0 Å². The fourth-order valence-corrected chi connectivity index (χ4v) is 4.97. The van der Waals surface area contributed by atoms with Crippen molar-refractivity contribution >= 4 is 20.0 Å². The first kappa shape index (κ1) is 16.4. The minimum absolute atomic E-state index is 0.0318. The molecular formula is C13H20N2O4S2. The molecule has 0 heterocycles. The van der Waals surface area contributed by atoms with E-state index in [9.17, 15) is 16.8 Å². The molecule has 0 saturated heterocycles. The number of benzene rings is 1. The normalized spacial score (nSPS) is 16.9. The lowest BCUT2D eigenvalue weighted by molar-refractivity contribution is 0.581. The van der Waals surface area contributed by atoms with E-state index in [-0.39, 0.29) is 9.79 Å². The molecule has 0 saturated carbocycles. The Morgan fingerprint density at radius 3 is 2.00 bits per heavy atom. The van der Waals surface area contributed by atoms with Crippen molar-refractivity contribution in [3.8, 4) is 0 Å². The van der Waals surface area contributed by atoms with Crippen molar-refractivity contribution in [3.05, 3.63) is 22.8 Å². The van der Waals surface area contributed by atoms with Crippen LogP contribution >= 0.6 is 0 Å². The molecule has 1 aromatic rings. The summed E-state index contributed by atoms with van der Waals surface area (Å²) in [6.45, 7) is 1.61. The number of sulfonamides is 2. The number of primary sulfonamides is 2. The molecule has 2 bridgehead atoms. The van der Waals surface area contributed by atoms with E-state index in [1.54, 1.807) is 6.92 Å². The van der Waals surface area contributed by atoms with E-state index < -0.39 is 20.0 Å². The maximum atomic E-state index is 11.9. The van der Waals surface area contributed by atoms with Crippen molar-refractivity contribution < 1.29 is 16.8 Å². The van der Waals surface area contributed by atoms with Crippen LogP contribution in [0.4, 0.5) is 0 Å². The van der Waals surface area contributed by atoms with Crippen molar-refractivity contribution in [2.45, 2.75) is 55.2 Å². The second-order valence-electron chi connectivity index (χ2n) is 5.47. The molecule has 0 fully saturated rings. The van der Waals surface area contributed by atoms with Gasteiger partial charge in [-0.15, -0.1) is 0 Å². The molecule has 0 aliphatic heterocycles. The molecule has 1 aromatic carbocycles. The zero-order chi connectivity index (χ0) is 15.8. The highest BCUT2D eigenvalue weighted by atomic mass is 32.2. The summed E-state index contributed by atoms with van der Waals surface area (Å²) in [6.07, 6.45) is 4.52. The number of fused-ring (bicyclic) bond motifs is 7. The molecule has 2 aliphatic carbocycles. The van der Waals surface area contributed by atoms with Gasteiger partial charge in [0.1, 0.15) is 0 Å². The molecule has 21 heavy (non-hydrogen) atoms. The van der Waals surface area contributed by atoms with E-state index in [0.717, 1.165) is 25.7 Å². The van der Waals surface area contributed by atoms with Crippen molar-refractivity contribution in [2.24, 2.45) is 10.3 Å². The lowest BCUT2D eigenvalue weighted by Gasteiger charge is -2.20. The van der Waals surface area contributed by atoms with E-state index in [1.165, 1.54) is 6.07 Å². The Labute approximate surface area is 125 Å². The highest BCUT2D eigenvalue weighted by molar-refractivity contribution is 7.89. The number of aryl methyl sites for hydroxylation is 1. The maximum absolute atomic E-state index is 11.9. The van der Waals surface area contributed by atoms with Crippen LogP contribution < -0.4 is 10.3 Å². The molecule has 0 aromatic heterocycles. The molecule has 4 N–H and O–H groups in total. The third-order valence-electron chi connectivity index (χ3n) is 3.90. The molecular weight excluding hydrogens is 312 g/mol. The van der Waals surface area contributed by atoms with Crippen LogP contribution in [0.5, 0.6) is 0 Å². The van der Waals surface area contributed by atoms with Crippen LogP contribution in [-0.4, -0.2) is 16.8 Å². The Hall–Kier alpha value is -0.960. The summed E-state index contributed by atoms with van der Waals surface area (Å²) in [5.41, 5.74) is 1.35. The Morgan fingerprint density at radius 2 is 1.48 bits per heavy atom. The zero-order valence-electron chi connectivity index (χ0n) is 11.9. The van der Waals surface area contributed by atoms with Gasteiger partial charge in [0.25, 0.3) is 0 Å². The van der Waals surface area contributed by atoms with Crippen LogP contribution in [0.3, 0.4) is 0 Å². The number of hydrogen-bond donors (Lipinski definition) is 2. The van der Waals surface area contributed by atoms with Crippen LogP contribution in [0, 0.1) is 6.92 Å². The minimum Gasteiger partial charge on any atom is -0.225 e. The average molecular weight is 332 g/mol. The van der Waals surface area contributed by atoms with Crippen molar-refractivity contribution in [3.63, 3.8) is 0 Å². The molecule has 0 unspecified atom stereocenters. The molecule has 118 valence electrons. The number of rotatable bonds is 2. The van der Waals surface area contributed by atoms with Crippen molar-refractivity contribution in [2.75, 3.05) is 0 Å².